The smallest absolute Gasteiger partial charge is 0.0987 e. The van der Waals surface area contributed by atoms with Crippen molar-refractivity contribution in [1.29, 1.82) is 0 Å². The lowest BCUT2D eigenvalue weighted by Gasteiger charge is -2.29. The van der Waals surface area contributed by atoms with Crippen molar-refractivity contribution in [2.24, 2.45) is 5.41 Å². The lowest BCUT2D eigenvalue weighted by Crippen LogP contribution is -2.17. The van der Waals surface area contributed by atoms with Crippen molar-refractivity contribution in [3.8, 4) is 0 Å². The molecule has 2 rings (SSSR count). The number of hydrogen-bond acceptors (Lipinski definition) is 1. The number of halogens is 3. The van der Waals surface area contributed by atoms with E-state index in [1.165, 1.54) is 37.0 Å². The van der Waals surface area contributed by atoms with Gasteiger partial charge < -0.3 is 0 Å². The Morgan fingerprint density at radius 2 is 2.00 bits per heavy atom. The second-order valence-electron chi connectivity index (χ2n) is 4.50. The Bertz CT molecular complexity index is 355. The minimum absolute atomic E-state index is 0.337. The maximum absolute atomic E-state index is 6.18. The molecule has 1 aromatic heterocycles. The van der Waals surface area contributed by atoms with Gasteiger partial charge in [0.2, 0.25) is 0 Å². The van der Waals surface area contributed by atoms with Gasteiger partial charge >= 0.3 is 0 Å². The van der Waals surface area contributed by atoms with Crippen molar-refractivity contribution in [3.05, 3.63) is 20.3 Å². The van der Waals surface area contributed by atoms with E-state index in [1.54, 1.807) is 0 Å². The summed E-state index contributed by atoms with van der Waals surface area (Å²) >= 11 is 17.4. The largest absolute Gasteiger partial charge is 0.111 e. The van der Waals surface area contributed by atoms with Crippen molar-refractivity contribution in [2.45, 2.75) is 37.4 Å². The van der Waals surface area contributed by atoms with Crippen LogP contribution in [0.3, 0.4) is 0 Å². The summed E-state index contributed by atoms with van der Waals surface area (Å²) in [6, 6.07) is 2.00. The Balaban J connectivity index is 2.27. The van der Waals surface area contributed by atoms with E-state index in [2.05, 4.69) is 22.9 Å². The van der Waals surface area contributed by atoms with Gasteiger partial charge in [0.25, 0.3) is 0 Å². The van der Waals surface area contributed by atoms with Gasteiger partial charge in [0.05, 0.1) is 8.67 Å². The first kappa shape index (κ1) is 12.2. The Kier molecular flexibility index (Phi) is 3.71. The minimum Gasteiger partial charge on any atom is -0.111 e. The zero-order chi connectivity index (χ0) is 11.1. The van der Waals surface area contributed by atoms with Crippen molar-refractivity contribution in [3.63, 3.8) is 0 Å². The Morgan fingerprint density at radius 1 is 1.40 bits per heavy atom. The molecule has 1 aliphatic carbocycles. The lowest BCUT2D eigenvalue weighted by atomic mass is 9.83. The highest BCUT2D eigenvalue weighted by Crippen LogP contribution is 2.54. The fourth-order valence-corrected chi connectivity index (χ4v) is 4.97. The highest BCUT2D eigenvalue weighted by Gasteiger charge is 2.37. The van der Waals surface area contributed by atoms with Gasteiger partial charge in [-0.2, -0.15) is 0 Å². The number of alkyl halides is 1. The topological polar surface area (TPSA) is 0 Å². The van der Waals surface area contributed by atoms with Gasteiger partial charge in [-0.1, -0.05) is 58.9 Å². The quantitative estimate of drug-likeness (QED) is 0.578. The summed E-state index contributed by atoms with van der Waals surface area (Å²) in [7, 11) is 0. The molecule has 1 heterocycles. The molecule has 1 fully saturated rings. The lowest BCUT2D eigenvalue weighted by molar-refractivity contribution is 0.332. The maximum atomic E-state index is 6.18. The van der Waals surface area contributed by atoms with Gasteiger partial charge in [-0.3, -0.25) is 0 Å². The van der Waals surface area contributed by atoms with E-state index in [-0.39, 0.29) is 0 Å². The molecule has 0 spiro atoms. The molecule has 0 aliphatic heterocycles. The van der Waals surface area contributed by atoms with Crippen molar-refractivity contribution >= 4 is 50.5 Å². The molecule has 0 aromatic carbocycles. The first-order valence-electron chi connectivity index (χ1n) is 5.12. The molecule has 84 valence electrons. The summed E-state index contributed by atoms with van der Waals surface area (Å²) in [5.74, 6) is 0. The SMILES string of the molecule is CC1(C(Br)c2cc(Cl)sc2Cl)CCCC1. The van der Waals surface area contributed by atoms with Crippen molar-refractivity contribution in [1.82, 2.24) is 0 Å². The Hall–Kier alpha value is 0.760. The first-order valence-corrected chi connectivity index (χ1v) is 7.60. The molecule has 0 amide bonds. The van der Waals surface area contributed by atoms with Crippen molar-refractivity contribution < 1.29 is 0 Å². The molecule has 1 saturated carbocycles. The molecule has 15 heavy (non-hydrogen) atoms. The molecule has 0 bridgehead atoms. The summed E-state index contributed by atoms with van der Waals surface area (Å²) in [6.45, 7) is 2.33. The van der Waals surface area contributed by atoms with Crippen molar-refractivity contribution in [2.75, 3.05) is 0 Å². The van der Waals surface area contributed by atoms with Gasteiger partial charge in [0, 0.05) is 4.83 Å². The minimum atomic E-state index is 0.337. The normalized spacial score (nSPS) is 21.9. The third kappa shape index (κ3) is 2.38. The maximum Gasteiger partial charge on any atom is 0.0987 e. The second kappa shape index (κ2) is 4.56. The molecule has 0 N–H and O–H groups in total. The van der Waals surface area contributed by atoms with Gasteiger partial charge in [-0.05, 0) is 29.9 Å². The monoisotopic (exact) mass is 326 g/mol. The van der Waals surface area contributed by atoms with Crippen LogP contribution in [0.2, 0.25) is 8.67 Å². The number of rotatable bonds is 2. The van der Waals surface area contributed by atoms with E-state index in [0.717, 1.165) is 14.2 Å². The molecule has 1 aliphatic rings. The van der Waals surface area contributed by atoms with Crippen LogP contribution in [0.15, 0.2) is 6.07 Å². The van der Waals surface area contributed by atoms with Crippen LogP contribution in [0, 0.1) is 5.41 Å². The summed E-state index contributed by atoms with van der Waals surface area (Å²) in [6.07, 6.45) is 5.20. The molecule has 4 heteroatoms. The molecule has 0 nitrogen and oxygen atoms in total. The summed E-state index contributed by atoms with van der Waals surface area (Å²) in [5, 5.41) is 0. The van der Waals surface area contributed by atoms with Gasteiger partial charge in [0.1, 0.15) is 0 Å². The van der Waals surface area contributed by atoms with Crippen LogP contribution < -0.4 is 0 Å². The molecule has 0 saturated heterocycles. The number of hydrogen-bond donors (Lipinski definition) is 0. The standard InChI is InChI=1S/C11H13BrCl2S/c1-11(4-2-3-5-11)9(12)7-6-8(13)15-10(7)14/h6,9H,2-5H2,1H3. The van der Waals surface area contributed by atoms with Gasteiger partial charge in [0.15, 0.2) is 0 Å². The fraction of sp³-hybridized carbons (Fsp3) is 0.636. The summed E-state index contributed by atoms with van der Waals surface area (Å²) in [4.78, 5) is 0.337. The second-order valence-corrected chi connectivity index (χ2v) is 7.70. The van der Waals surface area contributed by atoms with Crippen LogP contribution in [-0.4, -0.2) is 0 Å². The molecule has 1 atom stereocenters. The van der Waals surface area contributed by atoms with E-state index in [1.807, 2.05) is 6.07 Å². The zero-order valence-corrected chi connectivity index (χ0v) is 12.4. The van der Waals surface area contributed by atoms with Crippen LogP contribution in [0.25, 0.3) is 0 Å². The average molecular weight is 328 g/mol. The predicted molar refractivity (Wildman–Crippen MR) is 72.6 cm³/mol. The average Bonchev–Trinajstić information content (AvgIpc) is 2.73. The number of thiophene rings is 1. The van der Waals surface area contributed by atoms with Crippen LogP contribution in [-0.2, 0) is 0 Å². The zero-order valence-electron chi connectivity index (χ0n) is 8.53. The molecular weight excluding hydrogens is 315 g/mol. The van der Waals surface area contributed by atoms with E-state index in [4.69, 9.17) is 23.2 Å². The third-order valence-electron chi connectivity index (χ3n) is 3.31. The van der Waals surface area contributed by atoms with Crippen LogP contribution in [0.4, 0.5) is 0 Å². The van der Waals surface area contributed by atoms with E-state index in [9.17, 15) is 0 Å². The Labute approximate surface area is 113 Å². The highest BCUT2D eigenvalue weighted by atomic mass is 79.9. The first-order chi connectivity index (χ1) is 7.03. The predicted octanol–water partition coefficient (Wildman–Crippen LogP) is 6.07. The van der Waals surface area contributed by atoms with Crippen LogP contribution in [0.5, 0.6) is 0 Å². The van der Waals surface area contributed by atoms with E-state index < -0.39 is 0 Å². The van der Waals surface area contributed by atoms with Gasteiger partial charge in [-0.15, -0.1) is 11.3 Å². The fourth-order valence-electron chi connectivity index (χ4n) is 2.34. The van der Waals surface area contributed by atoms with Crippen LogP contribution >= 0.6 is 50.5 Å². The highest BCUT2D eigenvalue weighted by molar-refractivity contribution is 9.09. The molecule has 1 unspecified atom stereocenters. The molecular formula is C11H13BrCl2S. The molecule has 1 aromatic rings. The van der Waals surface area contributed by atoms with E-state index in [0.29, 0.717) is 10.2 Å². The Morgan fingerprint density at radius 3 is 2.47 bits per heavy atom. The summed E-state index contributed by atoms with van der Waals surface area (Å²) in [5.41, 5.74) is 1.50. The van der Waals surface area contributed by atoms with Gasteiger partial charge in [-0.25, -0.2) is 0 Å². The third-order valence-corrected chi connectivity index (χ3v) is 6.43. The van der Waals surface area contributed by atoms with Crippen LogP contribution in [0.1, 0.15) is 43.0 Å². The molecule has 0 radical (unpaired) electrons. The van der Waals surface area contributed by atoms with E-state index >= 15 is 0 Å². The summed E-state index contributed by atoms with van der Waals surface area (Å²) < 4.78 is 1.61.